The molecule has 0 fully saturated rings. The molecule has 0 saturated heterocycles. The van der Waals surface area contributed by atoms with Gasteiger partial charge in [-0.1, -0.05) is 45.2 Å². The average Bonchev–Trinajstić information content (AvgIpc) is 2.39. The minimum atomic E-state index is -1.43. The molecule has 3 nitrogen and oxygen atoms in total. The van der Waals surface area contributed by atoms with Crippen molar-refractivity contribution in [3.8, 4) is 5.75 Å². The molecule has 0 heterocycles. The normalized spacial score (nSPS) is 12.2. The quantitative estimate of drug-likeness (QED) is 0.693. The van der Waals surface area contributed by atoms with Gasteiger partial charge in [-0.3, -0.25) is 0 Å². The van der Waals surface area contributed by atoms with Crippen molar-refractivity contribution >= 4 is 12.6 Å². The number of rotatable bonds is 8. The second kappa shape index (κ2) is 8.17. The zero-order valence-corrected chi connectivity index (χ0v) is 11.3. The summed E-state index contributed by atoms with van der Waals surface area (Å²) in [6.45, 7) is 5.07. The fourth-order valence-corrected chi connectivity index (χ4v) is 1.88. The molecule has 0 bridgehead atoms. The van der Waals surface area contributed by atoms with Gasteiger partial charge >= 0.3 is 7.12 Å². The number of hydrogen-bond acceptors (Lipinski definition) is 3. The van der Waals surface area contributed by atoms with Crippen LogP contribution in [-0.4, -0.2) is 23.8 Å². The first-order valence-electron chi connectivity index (χ1n) is 6.76. The van der Waals surface area contributed by atoms with Crippen LogP contribution in [0.1, 0.15) is 39.5 Å². The molecule has 100 valence electrons. The Morgan fingerprint density at radius 3 is 2.67 bits per heavy atom. The first-order chi connectivity index (χ1) is 8.67. The van der Waals surface area contributed by atoms with E-state index in [1.165, 1.54) is 19.3 Å². The summed E-state index contributed by atoms with van der Waals surface area (Å²) in [4.78, 5) is 0. The molecule has 0 saturated carbocycles. The number of hydrogen-bond donors (Lipinski definition) is 2. The number of benzene rings is 1. The average molecular weight is 250 g/mol. The molecule has 0 aromatic heterocycles. The van der Waals surface area contributed by atoms with Crippen LogP contribution < -0.4 is 10.2 Å². The van der Waals surface area contributed by atoms with Crippen LogP contribution in [0, 0.1) is 5.92 Å². The molecule has 0 aliphatic carbocycles. The van der Waals surface area contributed by atoms with Gasteiger partial charge in [0.1, 0.15) is 5.75 Å². The lowest BCUT2D eigenvalue weighted by atomic mass is 9.80. The third-order valence-electron chi connectivity index (χ3n) is 3.19. The molecular weight excluding hydrogens is 227 g/mol. The summed E-state index contributed by atoms with van der Waals surface area (Å²) in [5, 5.41) is 18.2. The highest BCUT2D eigenvalue weighted by molar-refractivity contribution is 6.58. The Labute approximate surface area is 110 Å². The molecule has 1 unspecified atom stereocenters. The lowest BCUT2D eigenvalue weighted by Crippen LogP contribution is -2.29. The summed E-state index contributed by atoms with van der Waals surface area (Å²) < 4.78 is 5.72. The van der Waals surface area contributed by atoms with E-state index < -0.39 is 7.12 Å². The van der Waals surface area contributed by atoms with Crippen molar-refractivity contribution in [1.82, 2.24) is 0 Å². The summed E-state index contributed by atoms with van der Waals surface area (Å²) in [7, 11) is -1.43. The van der Waals surface area contributed by atoms with E-state index in [-0.39, 0.29) is 0 Å². The third-order valence-corrected chi connectivity index (χ3v) is 3.19. The van der Waals surface area contributed by atoms with E-state index in [1.54, 1.807) is 18.2 Å². The Balaban J connectivity index is 2.48. The molecule has 1 aromatic rings. The molecule has 0 aliphatic rings. The SMILES string of the molecule is CCCCC(CC)COc1cccc(B(O)O)c1. The smallest absolute Gasteiger partial charge is 0.488 e. The first kappa shape index (κ1) is 15.1. The fourth-order valence-electron chi connectivity index (χ4n) is 1.88. The predicted molar refractivity (Wildman–Crippen MR) is 75.1 cm³/mol. The minimum absolute atomic E-state index is 0.467. The topological polar surface area (TPSA) is 49.7 Å². The van der Waals surface area contributed by atoms with Crippen molar-refractivity contribution in [3.63, 3.8) is 0 Å². The van der Waals surface area contributed by atoms with Crippen LogP contribution in [0.3, 0.4) is 0 Å². The van der Waals surface area contributed by atoms with E-state index >= 15 is 0 Å². The van der Waals surface area contributed by atoms with Crippen LogP contribution in [0.4, 0.5) is 0 Å². The molecule has 0 spiro atoms. The van der Waals surface area contributed by atoms with Gasteiger partial charge in [-0.15, -0.1) is 0 Å². The Kier molecular flexibility index (Phi) is 6.84. The van der Waals surface area contributed by atoms with Crippen molar-refractivity contribution in [2.45, 2.75) is 39.5 Å². The second-order valence-electron chi connectivity index (χ2n) is 4.67. The molecular formula is C14H23BO3. The van der Waals surface area contributed by atoms with E-state index in [1.807, 2.05) is 6.07 Å². The van der Waals surface area contributed by atoms with Gasteiger partial charge in [0.15, 0.2) is 0 Å². The van der Waals surface area contributed by atoms with Crippen LogP contribution in [0.5, 0.6) is 5.75 Å². The van der Waals surface area contributed by atoms with E-state index in [0.717, 1.165) is 6.42 Å². The summed E-state index contributed by atoms with van der Waals surface area (Å²) in [6, 6.07) is 6.97. The molecule has 18 heavy (non-hydrogen) atoms. The van der Waals surface area contributed by atoms with Gasteiger partial charge in [-0.25, -0.2) is 0 Å². The predicted octanol–water partition coefficient (Wildman–Crippen LogP) is 1.96. The monoisotopic (exact) mass is 250 g/mol. The molecule has 0 radical (unpaired) electrons. The molecule has 0 aliphatic heterocycles. The van der Waals surface area contributed by atoms with E-state index in [2.05, 4.69) is 13.8 Å². The van der Waals surface area contributed by atoms with Crippen molar-refractivity contribution in [3.05, 3.63) is 24.3 Å². The van der Waals surface area contributed by atoms with Gasteiger partial charge in [0.25, 0.3) is 0 Å². The van der Waals surface area contributed by atoms with Crippen molar-refractivity contribution in [2.75, 3.05) is 6.61 Å². The van der Waals surface area contributed by atoms with Gasteiger partial charge in [0.2, 0.25) is 0 Å². The van der Waals surface area contributed by atoms with Gasteiger partial charge in [-0.05, 0) is 29.9 Å². The highest BCUT2D eigenvalue weighted by Gasteiger charge is 2.12. The Morgan fingerprint density at radius 2 is 2.06 bits per heavy atom. The van der Waals surface area contributed by atoms with Gasteiger partial charge in [-0.2, -0.15) is 0 Å². The Hall–Kier alpha value is -0.995. The second-order valence-corrected chi connectivity index (χ2v) is 4.67. The maximum atomic E-state index is 9.09. The summed E-state index contributed by atoms with van der Waals surface area (Å²) >= 11 is 0. The minimum Gasteiger partial charge on any atom is -0.493 e. The summed E-state index contributed by atoms with van der Waals surface area (Å²) in [5.41, 5.74) is 0.467. The van der Waals surface area contributed by atoms with Crippen LogP contribution in [0.15, 0.2) is 24.3 Å². The maximum absolute atomic E-state index is 9.09. The largest absolute Gasteiger partial charge is 0.493 e. The zero-order chi connectivity index (χ0) is 13.4. The standard InChI is InChI=1S/C14H23BO3/c1-3-5-7-12(4-2)11-18-14-9-6-8-13(10-14)15(16)17/h6,8-10,12,16-17H,3-5,7,11H2,1-2H3. The lowest BCUT2D eigenvalue weighted by Gasteiger charge is -2.16. The highest BCUT2D eigenvalue weighted by Crippen LogP contribution is 2.15. The van der Waals surface area contributed by atoms with Gasteiger partial charge in [0, 0.05) is 0 Å². The van der Waals surface area contributed by atoms with Crippen molar-refractivity contribution < 1.29 is 14.8 Å². The number of unbranched alkanes of at least 4 members (excludes halogenated alkanes) is 1. The Morgan fingerprint density at radius 1 is 1.28 bits per heavy atom. The molecule has 2 N–H and O–H groups in total. The van der Waals surface area contributed by atoms with Gasteiger partial charge < -0.3 is 14.8 Å². The van der Waals surface area contributed by atoms with Crippen molar-refractivity contribution in [1.29, 1.82) is 0 Å². The van der Waals surface area contributed by atoms with E-state index in [0.29, 0.717) is 23.7 Å². The Bertz CT molecular complexity index is 342. The molecule has 4 heteroatoms. The fraction of sp³-hybridized carbons (Fsp3) is 0.571. The molecule has 1 rings (SSSR count). The lowest BCUT2D eigenvalue weighted by molar-refractivity contribution is 0.233. The van der Waals surface area contributed by atoms with Crippen molar-refractivity contribution in [2.24, 2.45) is 5.92 Å². The molecule has 1 atom stereocenters. The summed E-state index contributed by atoms with van der Waals surface area (Å²) in [5.74, 6) is 1.28. The third kappa shape index (κ3) is 5.11. The zero-order valence-electron chi connectivity index (χ0n) is 11.3. The molecule has 1 aromatic carbocycles. The maximum Gasteiger partial charge on any atom is 0.488 e. The van der Waals surface area contributed by atoms with Crippen LogP contribution >= 0.6 is 0 Å². The van der Waals surface area contributed by atoms with Gasteiger partial charge in [0.05, 0.1) is 6.61 Å². The van der Waals surface area contributed by atoms with Crippen LogP contribution in [0.2, 0.25) is 0 Å². The highest BCUT2D eigenvalue weighted by atomic mass is 16.5. The van der Waals surface area contributed by atoms with Crippen LogP contribution in [0.25, 0.3) is 0 Å². The summed E-state index contributed by atoms with van der Waals surface area (Å²) in [6.07, 6.45) is 4.75. The van der Waals surface area contributed by atoms with Crippen LogP contribution in [-0.2, 0) is 0 Å². The van der Waals surface area contributed by atoms with E-state index in [9.17, 15) is 0 Å². The van der Waals surface area contributed by atoms with E-state index in [4.69, 9.17) is 14.8 Å². The molecule has 0 amide bonds. The number of ether oxygens (including phenoxy) is 1. The first-order valence-corrected chi connectivity index (χ1v) is 6.76.